The summed E-state index contributed by atoms with van der Waals surface area (Å²) >= 11 is 0. The molecule has 0 aliphatic heterocycles. The van der Waals surface area contributed by atoms with E-state index in [1.54, 1.807) is 6.07 Å². The molecule has 0 bridgehead atoms. The standard InChI is InChI=1S/C20H12F4N2O2/c21-13-3-1-2-4-15(13)25-19(27)11-5-7-12(8-6-11)20(28)26-16-10-9-14(22)17(23)18(16)24/h1-10H,(H,25,27)(H,26,28). The van der Waals surface area contributed by atoms with E-state index in [0.29, 0.717) is 6.07 Å². The van der Waals surface area contributed by atoms with E-state index >= 15 is 0 Å². The zero-order valence-electron chi connectivity index (χ0n) is 14.1. The summed E-state index contributed by atoms with van der Waals surface area (Å²) in [5.74, 6) is -6.57. The molecule has 0 unspecified atom stereocenters. The predicted molar refractivity (Wildman–Crippen MR) is 95.1 cm³/mol. The summed E-state index contributed by atoms with van der Waals surface area (Å²) in [7, 11) is 0. The van der Waals surface area contributed by atoms with Gasteiger partial charge >= 0.3 is 0 Å². The summed E-state index contributed by atoms with van der Waals surface area (Å²) in [6.45, 7) is 0. The van der Waals surface area contributed by atoms with Crippen LogP contribution in [0.25, 0.3) is 0 Å². The molecule has 3 aromatic carbocycles. The molecule has 0 aliphatic rings. The summed E-state index contributed by atoms with van der Waals surface area (Å²) in [6, 6.07) is 12.4. The number of benzene rings is 3. The number of anilines is 2. The molecule has 2 amide bonds. The lowest BCUT2D eigenvalue weighted by Crippen LogP contribution is -2.15. The van der Waals surface area contributed by atoms with Gasteiger partial charge in [0.05, 0.1) is 11.4 Å². The van der Waals surface area contributed by atoms with Crippen molar-refractivity contribution in [1.29, 1.82) is 0 Å². The van der Waals surface area contributed by atoms with Gasteiger partial charge in [-0.25, -0.2) is 17.6 Å². The molecule has 8 heteroatoms. The van der Waals surface area contributed by atoms with Gasteiger partial charge in [0, 0.05) is 11.1 Å². The van der Waals surface area contributed by atoms with Crippen LogP contribution in [0.3, 0.4) is 0 Å². The van der Waals surface area contributed by atoms with Gasteiger partial charge in [0.25, 0.3) is 11.8 Å². The van der Waals surface area contributed by atoms with Gasteiger partial charge in [-0.1, -0.05) is 12.1 Å². The van der Waals surface area contributed by atoms with Gasteiger partial charge < -0.3 is 10.6 Å². The summed E-state index contributed by atoms with van der Waals surface area (Å²) < 4.78 is 53.4. The third-order valence-corrected chi connectivity index (χ3v) is 3.81. The maximum Gasteiger partial charge on any atom is 0.255 e. The molecule has 0 aliphatic carbocycles. The highest BCUT2D eigenvalue weighted by molar-refractivity contribution is 6.07. The smallest absolute Gasteiger partial charge is 0.255 e. The van der Waals surface area contributed by atoms with E-state index in [4.69, 9.17) is 0 Å². The number of rotatable bonds is 4. The van der Waals surface area contributed by atoms with Crippen molar-refractivity contribution < 1.29 is 27.2 Å². The van der Waals surface area contributed by atoms with Crippen LogP contribution in [0.4, 0.5) is 28.9 Å². The molecule has 4 nitrogen and oxygen atoms in total. The van der Waals surface area contributed by atoms with Crippen molar-refractivity contribution in [1.82, 2.24) is 0 Å². The number of amides is 2. The molecule has 0 heterocycles. The Morgan fingerprint density at radius 3 is 1.68 bits per heavy atom. The molecule has 0 atom stereocenters. The second-order valence-electron chi connectivity index (χ2n) is 5.69. The first-order valence-corrected chi connectivity index (χ1v) is 7.97. The van der Waals surface area contributed by atoms with Gasteiger partial charge in [0.15, 0.2) is 17.5 Å². The van der Waals surface area contributed by atoms with Crippen LogP contribution in [0, 0.1) is 23.3 Å². The highest BCUT2D eigenvalue weighted by Crippen LogP contribution is 2.20. The highest BCUT2D eigenvalue weighted by atomic mass is 19.2. The lowest BCUT2D eigenvalue weighted by atomic mass is 10.1. The minimum atomic E-state index is -1.70. The van der Waals surface area contributed by atoms with Crippen molar-refractivity contribution in [2.75, 3.05) is 10.6 Å². The average molecular weight is 388 g/mol. The molecule has 0 radical (unpaired) electrons. The fraction of sp³-hybridized carbons (Fsp3) is 0. The first kappa shape index (κ1) is 19.1. The number of halogens is 4. The minimum absolute atomic E-state index is 0.00290. The van der Waals surface area contributed by atoms with Crippen molar-refractivity contribution in [2.24, 2.45) is 0 Å². The Morgan fingerprint density at radius 1 is 0.571 bits per heavy atom. The zero-order chi connectivity index (χ0) is 20.3. The molecule has 28 heavy (non-hydrogen) atoms. The Balaban J connectivity index is 1.72. The number of para-hydroxylation sites is 1. The van der Waals surface area contributed by atoms with E-state index in [1.165, 1.54) is 42.5 Å². The predicted octanol–water partition coefficient (Wildman–Crippen LogP) is 4.75. The third-order valence-electron chi connectivity index (χ3n) is 3.81. The number of hydrogen-bond donors (Lipinski definition) is 2. The van der Waals surface area contributed by atoms with Crippen LogP contribution < -0.4 is 10.6 Å². The van der Waals surface area contributed by atoms with Crippen molar-refractivity contribution in [3.8, 4) is 0 Å². The molecular weight excluding hydrogens is 376 g/mol. The van der Waals surface area contributed by atoms with Crippen LogP contribution >= 0.6 is 0 Å². The fourth-order valence-electron chi connectivity index (χ4n) is 2.35. The second kappa shape index (κ2) is 7.91. The molecule has 0 saturated carbocycles. The molecule has 0 fully saturated rings. The number of carbonyl (C=O) groups is 2. The summed E-state index contributed by atoms with van der Waals surface area (Å²) in [5, 5.41) is 4.51. The molecule has 3 rings (SSSR count). The molecular formula is C20H12F4N2O2. The van der Waals surface area contributed by atoms with Crippen LogP contribution in [0.15, 0.2) is 60.7 Å². The largest absolute Gasteiger partial charge is 0.319 e. The minimum Gasteiger partial charge on any atom is -0.319 e. The molecule has 2 N–H and O–H groups in total. The Bertz CT molecular complexity index is 1050. The van der Waals surface area contributed by atoms with E-state index in [9.17, 15) is 27.2 Å². The van der Waals surface area contributed by atoms with E-state index in [1.807, 2.05) is 0 Å². The Kier molecular flexibility index (Phi) is 5.39. The lowest BCUT2D eigenvalue weighted by Gasteiger charge is -2.09. The van der Waals surface area contributed by atoms with Gasteiger partial charge in [-0.05, 0) is 48.5 Å². The fourth-order valence-corrected chi connectivity index (χ4v) is 2.35. The zero-order valence-corrected chi connectivity index (χ0v) is 14.1. The van der Waals surface area contributed by atoms with E-state index in [0.717, 1.165) is 6.07 Å². The first-order valence-electron chi connectivity index (χ1n) is 7.97. The molecule has 3 aromatic rings. The quantitative estimate of drug-likeness (QED) is 0.501. The summed E-state index contributed by atoms with van der Waals surface area (Å²) in [6.07, 6.45) is 0. The molecule has 0 saturated heterocycles. The monoisotopic (exact) mass is 388 g/mol. The van der Waals surface area contributed by atoms with Gasteiger partial charge in [-0.15, -0.1) is 0 Å². The molecule has 142 valence electrons. The summed E-state index contributed by atoms with van der Waals surface area (Å²) in [5.41, 5.74) is -0.321. The SMILES string of the molecule is O=C(Nc1ccccc1F)c1ccc(C(=O)Nc2ccc(F)c(F)c2F)cc1. The number of carbonyl (C=O) groups excluding carboxylic acids is 2. The Labute approximate surface area is 156 Å². The highest BCUT2D eigenvalue weighted by Gasteiger charge is 2.16. The van der Waals surface area contributed by atoms with Gasteiger partial charge in [0.1, 0.15) is 5.82 Å². The maximum absolute atomic E-state index is 13.6. The van der Waals surface area contributed by atoms with Crippen molar-refractivity contribution in [3.05, 3.63) is 95.1 Å². The van der Waals surface area contributed by atoms with E-state index < -0.39 is 40.8 Å². The van der Waals surface area contributed by atoms with Gasteiger partial charge in [-0.2, -0.15) is 0 Å². The average Bonchev–Trinajstić information content (AvgIpc) is 2.70. The topological polar surface area (TPSA) is 58.2 Å². The van der Waals surface area contributed by atoms with Crippen LogP contribution in [0.5, 0.6) is 0 Å². The Hall–Kier alpha value is -3.68. The van der Waals surface area contributed by atoms with Crippen LogP contribution in [0.2, 0.25) is 0 Å². The third kappa shape index (κ3) is 4.01. The molecule has 0 aromatic heterocycles. The summed E-state index contributed by atoms with van der Waals surface area (Å²) in [4.78, 5) is 24.3. The van der Waals surface area contributed by atoms with Crippen molar-refractivity contribution in [3.63, 3.8) is 0 Å². The maximum atomic E-state index is 13.6. The van der Waals surface area contributed by atoms with Crippen molar-refractivity contribution >= 4 is 23.2 Å². The normalized spacial score (nSPS) is 10.4. The molecule has 0 spiro atoms. The van der Waals surface area contributed by atoms with Gasteiger partial charge in [0.2, 0.25) is 0 Å². The van der Waals surface area contributed by atoms with Crippen LogP contribution in [0.1, 0.15) is 20.7 Å². The van der Waals surface area contributed by atoms with E-state index in [-0.39, 0.29) is 16.8 Å². The van der Waals surface area contributed by atoms with Gasteiger partial charge in [-0.3, -0.25) is 9.59 Å². The van der Waals surface area contributed by atoms with Crippen LogP contribution in [-0.2, 0) is 0 Å². The van der Waals surface area contributed by atoms with E-state index in [2.05, 4.69) is 10.6 Å². The van der Waals surface area contributed by atoms with Crippen LogP contribution in [-0.4, -0.2) is 11.8 Å². The first-order chi connectivity index (χ1) is 13.4. The number of nitrogens with one attached hydrogen (secondary N) is 2. The second-order valence-corrected chi connectivity index (χ2v) is 5.69. The lowest BCUT2D eigenvalue weighted by molar-refractivity contribution is 0.101. The number of hydrogen-bond acceptors (Lipinski definition) is 2. The Morgan fingerprint density at radius 2 is 1.11 bits per heavy atom. The van der Waals surface area contributed by atoms with Crippen molar-refractivity contribution in [2.45, 2.75) is 0 Å².